The Morgan fingerprint density at radius 3 is 2.14 bits per heavy atom. The minimum atomic E-state index is -0.977. The van der Waals surface area contributed by atoms with Crippen molar-refractivity contribution in [2.24, 2.45) is 17.8 Å². The summed E-state index contributed by atoms with van der Waals surface area (Å²) in [6.07, 6.45) is 18.3. The van der Waals surface area contributed by atoms with Gasteiger partial charge in [0, 0.05) is 11.1 Å². The number of hydrogen-bond acceptors (Lipinski definition) is 1. The van der Waals surface area contributed by atoms with E-state index in [0.717, 1.165) is 61.8 Å². The van der Waals surface area contributed by atoms with E-state index < -0.39 is 11.6 Å². The van der Waals surface area contributed by atoms with Crippen molar-refractivity contribution in [3.8, 4) is 28.0 Å². The highest BCUT2D eigenvalue weighted by Gasteiger charge is 2.28. The Morgan fingerprint density at radius 1 is 0.791 bits per heavy atom. The van der Waals surface area contributed by atoms with Crippen LogP contribution in [0.5, 0.6) is 5.75 Å². The van der Waals surface area contributed by atoms with Gasteiger partial charge in [0.1, 0.15) is 5.82 Å². The Bertz CT molecular complexity index is 1400. The van der Waals surface area contributed by atoms with Crippen molar-refractivity contribution in [2.75, 3.05) is 6.61 Å². The molecule has 1 fully saturated rings. The number of unbranched alkanes of at least 4 members (excludes halogenated alkanes) is 2. The molecule has 1 atom stereocenters. The first kappa shape index (κ1) is 31.2. The molecule has 1 unspecified atom stereocenters. The van der Waals surface area contributed by atoms with E-state index >= 15 is 4.39 Å². The van der Waals surface area contributed by atoms with Crippen molar-refractivity contribution in [3.63, 3.8) is 0 Å². The van der Waals surface area contributed by atoms with E-state index in [-0.39, 0.29) is 17.1 Å². The molecule has 1 saturated carbocycles. The third kappa shape index (κ3) is 7.63. The minimum Gasteiger partial charge on any atom is -0.490 e. The second-order valence-electron chi connectivity index (χ2n) is 12.5. The highest BCUT2D eigenvalue weighted by molar-refractivity contribution is 5.74. The van der Waals surface area contributed by atoms with Crippen LogP contribution in [-0.4, -0.2) is 6.61 Å². The maximum Gasteiger partial charge on any atom is 0.201 e. The molecule has 2 aliphatic carbocycles. The minimum absolute atomic E-state index is 0.0678. The van der Waals surface area contributed by atoms with Gasteiger partial charge in [-0.1, -0.05) is 81.2 Å². The van der Waals surface area contributed by atoms with Gasteiger partial charge in [0.25, 0.3) is 0 Å². The molecule has 43 heavy (non-hydrogen) atoms. The Labute approximate surface area is 255 Å². The molecule has 0 radical (unpaired) electrons. The summed E-state index contributed by atoms with van der Waals surface area (Å²) < 4.78 is 50.4. The maximum atomic E-state index is 15.4. The summed E-state index contributed by atoms with van der Waals surface area (Å²) in [5.41, 5.74) is 4.09. The zero-order valence-electron chi connectivity index (χ0n) is 25.5. The predicted molar refractivity (Wildman–Crippen MR) is 172 cm³/mol. The van der Waals surface area contributed by atoms with Crippen molar-refractivity contribution in [1.29, 1.82) is 0 Å². The van der Waals surface area contributed by atoms with E-state index in [1.165, 1.54) is 56.2 Å². The molecule has 0 N–H and O–H groups in total. The van der Waals surface area contributed by atoms with E-state index in [1.807, 2.05) is 18.2 Å². The molecule has 3 aromatic rings. The van der Waals surface area contributed by atoms with Gasteiger partial charge < -0.3 is 4.74 Å². The molecule has 4 heteroatoms. The van der Waals surface area contributed by atoms with Crippen LogP contribution >= 0.6 is 0 Å². The van der Waals surface area contributed by atoms with E-state index in [4.69, 9.17) is 4.74 Å². The topological polar surface area (TPSA) is 9.23 Å². The summed E-state index contributed by atoms with van der Waals surface area (Å²) in [5, 5.41) is 0. The summed E-state index contributed by atoms with van der Waals surface area (Å²) in [7, 11) is 0. The van der Waals surface area contributed by atoms with Gasteiger partial charge in [0.15, 0.2) is 11.6 Å². The lowest BCUT2D eigenvalue weighted by Gasteiger charge is -2.35. The number of allylic oxidation sites excluding steroid dienone is 3. The normalized spacial score (nSPS) is 20.5. The highest BCUT2D eigenvalue weighted by atomic mass is 19.2. The Kier molecular flexibility index (Phi) is 10.8. The molecule has 3 aromatic carbocycles. The largest absolute Gasteiger partial charge is 0.490 e. The Balaban J connectivity index is 1.21. The molecular weight excluding hydrogens is 541 g/mol. The summed E-state index contributed by atoms with van der Waals surface area (Å²) in [5.74, 6) is 0.198. The molecule has 2 aliphatic rings. The van der Waals surface area contributed by atoms with Gasteiger partial charge in [0.2, 0.25) is 5.82 Å². The third-order valence-corrected chi connectivity index (χ3v) is 9.69. The molecule has 0 spiro atoms. The fourth-order valence-electron chi connectivity index (χ4n) is 7.03. The first-order valence-electron chi connectivity index (χ1n) is 16.3. The first-order valence-corrected chi connectivity index (χ1v) is 16.3. The van der Waals surface area contributed by atoms with Gasteiger partial charge in [-0.05, 0) is 110 Å². The highest BCUT2D eigenvalue weighted by Crippen LogP contribution is 2.42. The number of ether oxygens (including phenoxy) is 1. The van der Waals surface area contributed by atoms with E-state index in [0.29, 0.717) is 23.3 Å². The average Bonchev–Trinajstić information content (AvgIpc) is 3.04. The van der Waals surface area contributed by atoms with E-state index in [9.17, 15) is 8.78 Å². The van der Waals surface area contributed by atoms with Crippen LogP contribution in [0, 0.1) is 35.2 Å². The Morgan fingerprint density at radius 2 is 1.49 bits per heavy atom. The lowest BCUT2D eigenvalue weighted by atomic mass is 9.70. The van der Waals surface area contributed by atoms with Crippen LogP contribution < -0.4 is 4.74 Å². The van der Waals surface area contributed by atoms with Crippen LogP contribution in [0.25, 0.3) is 27.8 Å². The van der Waals surface area contributed by atoms with E-state index in [1.54, 1.807) is 30.3 Å². The fraction of sp³-hybridized carbons (Fsp3) is 0.436. The molecule has 5 rings (SSSR count). The maximum absolute atomic E-state index is 15.4. The van der Waals surface area contributed by atoms with Gasteiger partial charge >= 0.3 is 0 Å². The standard InChI is InChI=1S/C39H45F3O/c1-3-5-7-25-43-37-24-23-35(38(41)39(37)42)32-19-17-31(18-20-32)34-22-21-33(26-36(34)40)30-15-13-29(14-16-30)28-11-9-27(10-12-28)8-6-4-2/h4,15,17-24,26-29H,2-3,5-14,16,25H2,1H3. The molecule has 0 amide bonds. The van der Waals surface area contributed by atoms with Gasteiger partial charge in [0.05, 0.1) is 6.61 Å². The smallest absolute Gasteiger partial charge is 0.201 e. The van der Waals surface area contributed by atoms with Crippen LogP contribution in [0.1, 0.15) is 89.5 Å². The molecule has 0 heterocycles. The molecule has 1 nitrogen and oxygen atoms in total. The number of hydrogen-bond donors (Lipinski definition) is 0. The van der Waals surface area contributed by atoms with Gasteiger partial charge in [-0.2, -0.15) is 4.39 Å². The molecule has 0 bridgehead atoms. The van der Waals surface area contributed by atoms with Crippen LogP contribution in [0.15, 0.2) is 73.3 Å². The predicted octanol–water partition coefficient (Wildman–Crippen LogP) is 12.0. The number of halogens is 3. The lowest BCUT2D eigenvalue weighted by molar-refractivity contribution is 0.190. The molecule has 0 aromatic heterocycles. The van der Waals surface area contributed by atoms with Crippen LogP contribution in [-0.2, 0) is 0 Å². The van der Waals surface area contributed by atoms with E-state index in [2.05, 4.69) is 19.6 Å². The molecule has 0 saturated heterocycles. The monoisotopic (exact) mass is 586 g/mol. The van der Waals surface area contributed by atoms with Crippen molar-refractivity contribution in [2.45, 2.75) is 84.0 Å². The van der Waals surface area contributed by atoms with Crippen LogP contribution in [0.2, 0.25) is 0 Å². The molecule has 228 valence electrons. The number of benzene rings is 3. The first-order chi connectivity index (χ1) is 21.0. The SMILES string of the molecule is C=CCCC1CCC(C2CC=C(c3ccc(-c4ccc(-c5ccc(OCCCCC)c(F)c5F)cc4)c(F)c3)CC2)CC1. The summed E-state index contributed by atoms with van der Waals surface area (Å²) in [6.45, 7) is 6.30. The van der Waals surface area contributed by atoms with Crippen LogP contribution in [0.3, 0.4) is 0 Å². The zero-order chi connectivity index (χ0) is 30.2. The average molecular weight is 587 g/mol. The molecule has 0 aliphatic heterocycles. The quantitative estimate of drug-likeness (QED) is 0.151. The van der Waals surface area contributed by atoms with Crippen molar-refractivity contribution >= 4 is 5.57 Å². The van der Waals surface area contributed by atoms with Crippen molar-refractivity contribution in [1.82, 2.24) is 0 Å². The summed E-state index contributed by atoms with van der Waals surface area (Å²) >= 11 is 0. The number of rotatable bonds is 12. The van der Waals surface area contributed by atoms with Gasteiger partial charge in [-0.25, -0.2) is 8.78 Å². The van der Waals surface area contributed by atoms with Gasteiger partial charge in [-0.15, -0.1) is 6.58 Å². The van der Waals surface area contributed by atoms with Crippen LogP contribution in [0.4, 0.5) is 13.2 Å². The third-order valence-electron chi connectivity index (χ3n) is 9.69. The molecular formula is C39H45F3O. The Hall–Kier alpha value is -3.27. The summed E-state index contributed by atoms with van der Waals surface area (Å²) in [4.78, 5) is 0. The fourth-order valence-corrected chi connectivity index (χ4v) is 7.03. The lowest BCUT2D eigenvalue weighted by Crippen LogP contribution is -2.23. The summed E-state index contributed by atoms with van der Waals surface area (Å²) in [6, 6.07) is 15.4. The second-order valence-corrected chi connectivity index (χ2v) is 12.5. The second kappa shape index (κ2) is 14.9. The van der Waals surface area contributed by atoms with Gasteiger partial charge in [-0.3, -0.25) is 0 Å². The zero-order valence-corrected chi connectivity index (χ0v) is 25.5. The van der Waals surface area contributed by atoms with Crippen molar-refractivity contribution < 1.29 is 17.9 Å². The van der Waals surface area contributed by atoms with Crippen molar-refractivity contribution in [3.05, 3.63) is 96.3 Å².